The Labute approximate surface area is 185 Å². The zero-order valence-electron chi connectivity index (χ0n) is 17.5. The van der Waals surface area contributed by atoms with E-state index in [0.29, 0.717) is 25.7 Å². The Hall–Kier alpha value is 0.870. The summed E-state index contributed by atoms with van der Waals surface area (Å²) in [6.07, 6.45) is 15.3. The first-order valence-corrected chi connectivity index (χ1v) is 12.0. The predicted octanol–water partition coefficient (Wildman–Crippen LogP) is 2.55. The van der Waals surface area contributed by atoms with Gasteiger partial charge in [0, 0.05) is 5.25 Å². The van der Waals surface area contributed by atoms with E-state index in [0.717, 1.165) is 38.5 Å². The molecule has 4 nitrogen and oxygen atoms in total. The average molecular weight is 401 g/mol. The molecule has 2 unspecified atom stereocenters. The van der Waals surface area contributed by atoms with Gasteiger partial charge < -0.3 is 9.66 Å². The molecule has 0 fully saturated rings. The van der Waals surface area contributed by atoms with Crippen LogP contribution in [-0.2, 0) is 10.1 Å². The molecule has 2 atom stereocenters. The van der Waals surface area contributed by atoms with Crippen molar-refractivity contribution in [2.24, 2.45) is 0 Å². The summed E-state index contributed by atoms with van der Waals surface area (Å²) in [5.74, 6) is 0. The van der Waals surface area contributed by atoms with Crippen molar-refractivity contribution in [2.45, 2.75) is 128 Å². The zero-order chi connectivity index (χ0) is 19.0. The predicted molar refractivity (Wildman–Crippen MR) is 105 cm³/mol. The van der Waals surface area contributed by atoms with Crippen molar-refractivity contribution in [1.29, 1.82) is 0 Å². The summed E-state index contributed by atoms with van der Waals surface area (Å²) in [6, 6.07) is 0. The number of hydrogen-bond donors (Lipinski definition) is 1. The van der Waals surface area contributed by atoms with E-state index in [4.69, 9.17) is 0 Å². The normalized spacial score (nSPS) is 14.0. The van der Waals surface area contributed by atoms with Crippen molar-refractivity contribution >= 4 is 10.1 Å². The minimum atomic E-state index is -4.21. The first-order chi connectivity index (χ1) is 11.9. The molecule has 26 heavy (non-hydrogen) atoms. The van der Waals surface area contributed by atoms with Crippen LogP contribution in [0.2, 0.25) is 0 Å². The smallest absolute Gasteiger partial charge is 0.748 e. The first-order valence-electron chi connectivity index (χ1n) is 10.5. The van der Waals surface area contributed by atoms with Crippen molar-refractivity contribution in [3.8, 4) is 0 Å². The summed E-state index contributed by atoms with van der Waals surface area (Å²) >= 11 is 0. The van der Waals surface area contributed by atoms with E-state index in [1.165, 1.54) is 38.5 Å². The Balaban J connectivity index is 0. The van der Waals surface area contributed by atoms with Crippen LogP contribution >= 0.6 is 0 Å². The van der Waals surface area contributed by atoms with Crippen molar-refractivity contribution in [1.82, 2.24) is 0 Å². The molecule has 0 aromatic carbocycles. The molecule has 0 aliphatic heterocycles. The van der Waals surface area contributed by atoms with Crippen LogP contribution in [0.15, 0.2) is 0 Å². The van der Waals surface area contributed by atoms with Gasteiger partial charge in [-0.15, -0.1) is 0 Å². The van der Waals surface area contributed by atoms with E-state index in [9.17, 15) is 18.1 Å². The fourth-order valence-corrected chi connectivity index (χ4v) is 4.21. The molecule has 0 aliphatic carbocycles. The summed E-state index contributed by atoms with van der Waals surface area (Å²) in [7, 11) is -4.21. The Bertz CT molecular complexity index is 387. The molecule has 0 saturated carbocycles. The molecule has 0 aromatic heterocycles. The van der Waals surface area contributed by atoms with Crippen LogP contribution in [-0.4, -0.2) is 29.4 Å². The van der Waals surface area contributed by atoms with Crippen molar-refractivity contribution in [3.05, 3.63) is 0 Å². The second kappa shape index (κ2) is 19.2. The van der Waals surface area contributed by atoms with E-state index < -0.39 is 15.4 Å². The largest absolute Gasteiger partial charge is 1.00 e. The summed E-state index contributed by atoms with van der Waals surface area (Å²) in [6.45, 7) is 4.28. The summed E-state index contributed by atoms with van der Waals surface area (Å²) in [5, 5.41) is 9.25. The van der Waals surface area contributed by atoms with Crippen LogP contribution in [0.4, 0.5) is 0 Å². The summed E-state index contributed by atoms with van der Waals surface area (Å²) in [5.41, 5.74) is 0. The molecule has 0 spiro atoms. The van der Waals surface area contributed by atoms with E-state index in [2.05, 4.69) is 13.8 Å². The van der Waals surface area contributed by atoms with E-state index >= 15 is 0 Å². The van der Waals surface area contributed by atoms with Gasteiger partial charge in [0.2, 0.25) is 0 Å². The van der Waals surface area contributed by atoms with Crippen LogP contribution in [0.5, 0.6) is 0 Å². The van der Waals surface area contributed by atoms with Crippen molar-refractivity contribution < 1.29 is 47.6 Å². The first kappa shape index (κ1) is 29.1. The van der Waals surface area contributed by atoms with Crippen molar-refractivity contribution in [2.75, 3.05) is 0 Å². The Morgan fingerprint density at radius 3 is 1.62 bits per heavy atom. The van der Waals surface area contributed by atoms with Crippen molar-refractivity contribution in [3.63, 3.8) is 0 Å². The molecule has 152 valence electrons. The number of unbranched alkanes of at least 4 members (excludes halogenated alkanes) is 9. The third kappa shape index (κ3) is 18.2. The number of aliphatic hydroxyl groups is 1. The van der Waals surface area contributed by atoms with Gasteiger partial charge in [0.15, 0.2) is 0 Å². The topological polar surface area (TPSA) is 77.4 Å². The Morgan fingerprint density at radius 2 is 1.08 bits per heavy atom. The second-order valence-corrected chi connectivity index (χ2v) is 9.11. The van der Waals surface area contributed by atoms with Crippen LogP contribution in [0, 0.1) is 0 Å². The van der Waals surface area contributed by atoms with Crippen LogP contribution in [0.1, 0.15) is 117 Å². The molecular formula is C20H41NaO4S. The van der Waals surface area contributed by atoms with Crippen LogP contribution in [0.3, 0.4) is 0 Å². The maximum absolute atomic E-state index is 11.3. The van der Waals surface area contributed by atoms with Crippen LogP contribution < -0.4 is 29.6 Å². The number of hydrogen-bond acceptors (Lipinski definition) is 4. The maximum Gasteiger partial charge on any atom is 1.00 e. The molecule has 0 rings (SSSR count). The van der Waals surface area contributed by atoms with Gasteiger partial charge in [-0.3, -0.25) is 0 Å². The van der Waals surface area contributed by atoms with Gasteiger partial charge in [0.25, 0.3) is 0 Å². The van der Waals surface area contributed by atoms with E-state index in [-0.39, 0.29) is 35.7 Å². The standard InChI is InChI=1S/C20H42O4S.Na/c1-3-5-7-8-9-10-11-13-15-19(21)16-14-18-20(25(22,23)24)17-12-6-4-2;/h19-21H,3-18H2,1-2H3,(H,22,23,24);/q;+1/p-1. The Morgan fingerprint density at radius 1 is 0.692 bits per heavy atom. The molecule has 0 radical (unpaired) electrons. The van der Waals surface area contributed by atoms with Gasteiger partial charge in [0.1, 0.15) is 0 Å². The average Bonchev–Trinajstić information content (AvgIpc) is 2.55. The molecule has 0 bridgehead atoms. The van der Waals surface area contributed by atoms with Gasteiger partial charge in [-0.1, -0.05) is 84.5 Å². The fraction of sp³-hybridized carbons (Fsp3) is 1.00. The second-order valence-electron chi connectivity index (χ2n) is 7.46. The molecule has 0 amide bonds. The third-order valence-corrected chi connectivity index (χ3v) is 6.28. The zero-order valence-corrected chi connectivity index (χ0v) is 20.4. The van der Waals surface area contributed by atoms with E-state index in [1.807, 2.05) is 0 Å². The van der Waals surface area contributed by atoms with E-state index in [1.54, 1.807) is 0 Å². The van der Waals surface area contributed by atoms with Crippen LogP contribution in [0.25, 0.3) is 0 Å². The SMILES string of the molecule is CCCCCCCCCCC(O)CCCC(CCCCC)S(=O)(=O)[O-].[Na+]. The third-order valence-electron chi connectivity index (χ3n) is 4.99. The van der Waals surface area contributed by atoms with Gasteiger partial charge in [-0.25, -0.2) is 8.42 Å². The van der Waals surface area contributed by atoms with Gasteiger partial charge >= 0.3 is 29.6 Å². The van der Waals surface area contributed by atoms with Gasteiger partial charge in [-0.2, -0.15) is 0 Å². The fourth-order valence-electron chi connectivity index (χ4n) is 3.29. The molecule has 6 heteroatoms. The summed E-state index contributed by atoms with van der Waals surface area (Å²) < 4.78 is 34.0. The Kier molecular flexibility index (Phi) is 21.5. The number of aliphatic hydroxyl groups excluding tert-OH is 1. The molecule has 0 heterocycles. The van der Waals surface area contributed by atoms with Gasteiger partial charge in [-0.05, 0) is 32.1 Å². The molecular weight excluding hydrogens is 359 g/mol. The minimum Gasteiger partial charge on any atom is -0.748 e. The molecule has 0 aromatic rings. The minimum absolute atomic E-state index is 0. The monoisotopic (exact) mass is 400 g/mol. The molecule has 1 N–H and O–H groups in total. The summed E-state index contributed by atoms with van der Waals surface area (Å²) in [4.78, 5) is 0. The van der Waals surface area contributed by atoms with Gasteiger partial charge in [0.05, 0.1) is 16.2 Å². The molecule has 0 saturated heterocycles. The number of rotatable bonds is 18. The quantitative estimate of drug-likeness (QED) is 0.218. The molecule has 0 aliphatic rings. The maximum atomic E-state index is 11.3.